The highest BCUT2D eigenvalue weighted by Gasteiger charge is 2.36. The number of rotatable bonds is 7. The van der Waals surface area contributed by atoms with E-state index in [9.17, 15) is 13.2 Å². The fraction of sp³-hybridized carbons (Fsp3) is 0.471. The quantitative estimate of drug-likeness (QED) is 0.798. The molecule has 2 aromatic rings. The standard InChI is InChI=1S/C17H22N2O4S2/c1-11-8-15(11)16-6-4-13(23-16)10-19(3)25(21,22)17-7-5-14(24-17)9-18-12(2)20/h4-7,11,15H,8-10H2,1-3H3,(H,18,20)/t11-,15+/m1/s1. The van der Waals surface area contributed by atoms with E-state index in [4.69, 9.17) is 4.42 Å². The number of furan rings is 1. The molecule has 25 heavy (non-hydrogen) atoms. The average Bonchev–Trinajstić information content (AvgIpc) is 2.95. The van der Waals surface area contributed by atoms with Crippen LogP contribution in [0.25, 0.3) is 0 Å². The van der Waals surface area contributed by atoms with Gasteiger partial charge in [0.1, 0.15) is 15.7 Å². The van der Waals surface area contributed by atoms with Crippen molar-refractivity contribution in [1.82, 2.24) is 9.62 Å². The molecule has 136 valence electrons. The topological polar surface area (TPSA) is 79.6 Å². The largest absolute Gasteiger partial charge is 0.464 e. The van der Waals surface area contributed by atoms with Gasteiger partial charge in [-0.2, -0.15) is 4.31 Å². The lowest BCUT2D eigenvalue weighted by Gasteiger charge is -2.14. The summed E-state index contributed by atoms with van der Waals surface area (Å²) >= 11 is 1.17. The highest BCUT2D eigenvalue weighted by molar-refractivity contribution is 7.91. The Labute approximate surface area is 151 Å². The molecule has 1 aliphatic carbocycles. The lowest BCUT2D eigenvalue weighted by atomic mass is 10.3. The maximum atomic E-state index is 12.7. The van der Waals surface area contributed by atoms with Crippen molar-refractivity contribution in [2.45, 2.75) is 43.5 Å². The Morgan fingerprint density at radius 1 is 1.36 bits per heavy atom. The van der Waals surface area contributed by atoms with Crippen molar-refractivity contribution >= 4 is 27.3 Å². The van der Waals surface area contributed by atoms with Crippen LogP contribution in [-0.4, -0.2) is 25.7 Å². The second-order valence-corrected chi connectivity index (χ2v) is 9.96. The minimum absolute atomic E-state index is 0.145. The maximum Gasteiger partial charge on any atom is 0.252 e. The number of nitrogens with zero attached hydrogens (tertiary/aromatic N) is 1. The Morgan fingerprint density at radius 3 is 2.72 bits per heavy atom. The lowest BCUT2D eigenvalue weighted by molar-refractivity contribution is -0.119. The lowest BCUT2D eigenvalue weighted by Crippen LogP contribution is -2.25. The van der Waals surface area contributed by atoms with Gasteiger partial charge in [-0.25, -0.2) is 8.42 Å². The van der Waals surface area contributed by atoms with Crippen LogP contribution in [0.2, 0.25) is 0 Å². The van der Waals surface area contributed by atoms with Crippen LogP contribution in [0.3, 0.4) is 0 Å². The fourth-order valence-electron chi connectivity index (χ4n) is 2.66. The van der Waals surface area contributed by atoms with E-state index in [1.54, 1.807) is 19.2 Å². The van der Waals surface area contributed by atoms with E-state index in [0.29, 0.717) is 24.1 Å². The van der Waals surface area contributed by atoms with Crippen LogP contribution in [0.4, 0.5) is 0 Å². The molecule has 1 saturated carbocycles. The minimum atomic E-state index is -3.58. The number of hydrogen-bond acceptors (Lipinski definition) is 5. The summed E-state index contributed by atoms with van der Waals surface area (Å²) in [5.74, 6) is 2.57. The SMILES string of the molecule is CC(=O)NCc1ccc(S(=O)(=O)N(C)Cc2ccc([C@H]3C[C@H]3C)o2)s1. The first-order valence-electron chi connectivity index (χ1n) is 8.15. The fourth-order valence-corrected chi connectivity index (χ4v) is 5.30. The molecule has 3 rings (SSSR count). The van der Waals surface area contributed by atoms with Crippen LogP contribution in [0.15, 0.2) is 32.9 Å². The van der Waals surface area contributed by atoms with Gasteiger partial charge in [-0.3, -0.25) is 4.79 Å². The zero-order valence-electron chi connectivity index (χ0n) is 14.5. The second-order valence-electron chi connectivity index (χ2n) is 6.52. The summed E-state index contributed by atoms with van der Waals surface area (Å²) in [6.45, 7) is 4.14. The van der Waals surface area contributed by atoms with E-state index >= 15 is 0 Å². The number of amides is 1. The van der Waals surface area contributed by atoms with Gasteiger partial charge in [0.05, 0.1) is 13.1 Å². The molecule has 1 fully saturated rings. The van der Waals surface area contributed by atoms with Crippen LogP contribution >= 0.6 is 11.3 Å². The molecule has 2 heterocycles. The molecule has 1 N–H and O–H groups in total. The van der Waals surface area contributed by atoms with Gasteiger partial charge in [0.25, 0.3) is 10.0 Å². The molecule has 2 atom stereocenters. The molecule has 0 aliphatic heterocycles. The van der Waals surface area contributed by atoms with E-state index < -0.39 is 10.0 Å². The summed E-state index contributed by atoms with van der Waals surface area (Å²) in [5, 5.41) is 2.67. The van der Waals surface area contributed by atoms with Gasteiger partial charge in [-0.15, -0.1) is 11.3 Å². The Balaban J connectivity index is 1.66. The highest BCUT2D eigenvalue weighted by atomic mass is 32.2. The van der Waals surface area contributed by atoms with Crippen LogP contribution in [-0.2, 0) is 27.9 Å². The van der Waals surface area contributed by atoms with Crippen molar-refractivity contribution in [1.29, 1.82) is 0 Å². The first-order chi connectivity index (χ1) is 11.8. The highest BCUT2D eigenvalue weighted by Crippen LogP contribution is 2.47. The molecular formula is C17H22N2O4S2. The third kappa shape index (κ3) is 4.13. The van der Waals surface area contributed by atoms with E-state index in [1.165, 1.54) is 22.6 Å². The number of carbonyl (C=O) groups is 1. The van der Waals surface area contributed by atoms with Gasteiger partial charge >= 0.3 is 0 Å². The molecule has 1 amide bonds. The average molecular weight is 383 g/mol. The van der Waals surface area contributed by atoms with Gasteiger partial charge < -0.3 is 9.73 Å². The van der Waals surface area contributed by atoms with Gasteiger partial charge in [0, 0.05) is 24.8 Å². The first kappa shape index (κ1) is 18.2. The number of hydrogen-bond donors (Lipinski definition) is 1. The molecule has 0 aromatic carbocycles. The number of carbonyl (C=O) groups excluding carboxylic acids is 1. The summed E-state index contributed by atoms with van der Waals surface area (Å²) in [7, 11) is -2.04. The molecular weight excluding hydrogens is 360 g/mol. The smallest absolute Gasteiger partial charge is 0.252 e. The van der Waals surface area contributed by atoms with Crippen molar-refractivity contribution in [3.63, 3.8) is 0 Å². The van der Waals surface area contributed by atoms with E-state index in [-0.39, 0.29) is 16.7 Å². The van der Waals surface area contributed by atoms with Crippen molar-refractivity contribution in [2.24, 2.45) is 5.92 Å². The number of sulfonamides is 1. The summed E-state index contributed by atoms with van der Waals surface area (Å²) < 4.78 is 32.8. The van der Waals surface area contributed by atoms with Crippen LogP contribution in [0, 0.1) is 5.92 Å². The Bertz CT molecular complexity index is 869. The third-order valence-electron chi connectivity index (χ3n) is 4.35. The predicted octanol–water partition coefficient (Wildman–Crippen LogP) is 2.92. The van der Waals surface area contributed by atoms with E-state index in [0.717, 1.165) is 17.1 Å². The normalized spacial score (nSPS) is 20.0. The second kappa shape index (κ2) is 6.93. The summed E-state index contributed by atoms with van der Waals surface area (Å²) in [6, 6.07) is 7.09. The molecule has 0 bridgehead atoms. The summed E-state index contributed by atoms with van der Waals surface area (Å²) in [4.78, 5) is 11.8. The molecule has 0 unspecified atom stereocenters. The van der Waals surface area contributed by atoms with Crippen molar-refractivity contribution < 1.29 is 17.6 Å². The van der Waals surface area contributed by atoms with Crippen LogP contribution < -0.4 is 5.32 Å². The Hall–Kier alpha value is -1.64. The molecule has 2 aromatic heterocycles. The van der Waals surface area contributed by atoms with Crippen molar-refractivity contribution in [2.75, 3.05) is 7.05 Å². The Kier molecular flexibility index (Phi) is 5.04. The molecule has 6 nitrogen and oxygen atoms in total. The zero-order chi connectivity index (χ0) is 18.2. The maximum absolute atomic E-state index is 12.7. The predicted molar refractivity (Wildman–Crippen MR) is 95.7 cm³/mol. The van der Waals surface area contributed by atoms with Gasteiger partial charge in [0.2, 0.25) is 5.91 Å². The third-order valence-corrected chi connectivity index (χ3v) is 7.71. The zero-order valence-corrected chi connectivity index (χ0v) is 16.1. The van der Waals surface area contributed by atoms with Gasteiger partial charge in [-0.05, 0) is 36.6 Å². The van der Waals surface area contributed by atoms with E-state index in [1.807, 2.05) is 12.1 Å². The monoisotopic (exact) mass is 382 g/mol. The number of thiophene rings is 1. The molecule has 0 saturated heterocycles. The Morgan fingerprint density at radius 2 is 2.08 bits per heavy atom. The first-order valence-corrected chi connectivity index (χ1v) is 10.4. The van der Waals surface area contributed by atoms with E-state index in [2.05, 4.69) is 12.2 Å². The molecule has 0 spiro atoms. The summed E-state index contributed by atoms with van der Waals surface area (Å²) in [6.07, 6.45) is 1.13. The summed E-state index contributed by atoms with van der Waals surface area (Å²) in [5.41, 5.74) is 0. The van der Waals surface area contributed by atoms with Gasteiger partial charge in [0.15, 0.2) is 0 Å². The molecule has 0 radical (unpaired) electrons. The molecule has 1 aliphatic rings. The van der Waals surface area contributed by atoms with Crippen LogP contribution in [0.5, 0.6) is 0 Å². The van der Waals surface area contributed by atoms with Crippen molar-refractivity contribution in [3.8, 4) is 0 Å². The minimum Gasteiger partial charge on any atom is -0.464 e. The van der Waals surface area contributed by atoms with Gasteiger partial charge in [-0.1, -0.05) is 6.92 Å². The van der Waals surface area contributed by atoms with Crippen molar-refractivity contribution in [3.05, 3.63) is 40.7 Å². The number of nitrogens with one attached hydrogen (secondary N) is 1. The molecule has 8 heteroatoms. The van der Waals surface area contributed by atoms with Crippen LogP contribution in [0.1, 0.15) is 42.6 Å².